The minimum atomic E-state index is -0.786. The molecule has 16 heavy (non-hydrogen) atoms. The summed E-state index contributed by atoms with van der Waals surface area (Å²) in [4.78, 5) is 11.7. The number of carbonyl (C=O) groups excluding carboxylic acids is 1. The van der Waals surface area contributed by atoms with Crippen LogP contribution >= 0.6 is 0 Å². The van der Waals surface area contributed by atoms with E-state index in [1.165, 1.54) is 6.26 Å². The van der Waals surface area contributed by atoms with Crippen LogP contribution in [0.3, 0.4) is 0 Å². The van der Waals surface area contributed by atoms with Crippen molar-refractivity contribution in [1.82, 2.24) is 5.32 Å². The van der Waals surface area contributed by atoms with Gasteiger partial charge < -0.3 is 14.8 Å². The van der Waals surface area contributed by atoms with Crippen molar-refractivity contribution < 1.29 is 14.3 Å². The minimum Gasteiger partial charge on any atom is -0.467 e. The number of hydrogen-bond donors (Lipinski definition) is 2. The second-order valence-electron chi connectivity index (χ2n) is 4.48. The van der Waals surface area contributed by atoms with Gasteiger partial charge >= 0.3 is 0 Å². The first-order chi connectivity index (χ1) is 7.47. The molecule has 0 saturated heterocycles. The summed E-state index contributed by atoms with van der Waals surface area (Å²) in [6.07, 6.45) is 1.47. The summed E-state index contributed by atoms with van der Waals surface area (Å²) in [6, 6.07) is 3.39. The van der Waals surface area contributed by atoms with Gasteiger partial charge in [-0.1, -0.05) is 20.8 Å². The van der Waals surface area contributed by atoms with Crippen LogP contribution in [-0.2, 0) is 4.79 Å². The zero-order chi connectivity index (χ0) is 12.2. The van der Waals surface area contributed by atoms with Crippen LogP contribution in [0.4, 0.5) is 0 Å². The fourth-order valence-electron chi connectivity index (χ4n) is 1.17. The molecule has 1 aromatic heterocycles. The maximum Gasteiger partial charge on any atom is 0.225 e. The molecule has 0 radical (unpaired) electrons. The van der Waals surface area contributed by atoms with Gasteiger partial charge in [0.05, 0.1) is 12.8 Å². The molecule has 0 fully saturated rings. The van der Waals surface area contributed by atoms with Crippen LogP contribution in [0.2, 0.25) is 0 Å². The Kier molecular flexibility index (Phi) is 4.12. The Morgan fingerprint density at radius 2 is 2.31 bits per heavy atom. The predicted octanol–water partition coefficient (Wildman–Crippen LogP) is 1.87. The molecule has 0 aliphatic heterocycles. The number of carbonyl (C=O) groups is 1. The lowest BCUT2D eigenvalue weighted by Crippen LogP contribution is -2.38. The predicted molar refractivity (Wildman–Crippen MR) is 60.7 cm³/mol. The first-order valence-electron chi connectivity index (χ1n) is 5.47. The van der Waals surface area contributed by atoms with Crippen LogP contribution in [0.5, 0.6) is 0 Å². The molecular weight excluding hydrogens is 206 g/mol. The van der Waals surface area contributed by atoms with Crippen LogP contribution in [0.25, 0.3) is 0 Å². The van der Waals surface area contributed by atoms with Crippen molar-refractivity contribution in [3.8, 4) is 0 Å². The standard InChI is InChI=1S/C12H19NO3/c1-4-12(2,3)11(15)13-8-9(14)10-6-5-7-16-10/h5-7,9,14H,4,8H2,1-3H3,(H,13,15). The third-order valence-corrected chi connectivity index (χ3v) is 2.83. The van der Waals surface area contributed by atoms with Crippen molar-refractivity contribution in [2.75, 3.05) is 6.54 Å². The van der Waals surface area contributed by atoms with Gasteiger partial charge in [-0.05, 0) is 18.6 Å². The molecule has 0 spiro atoms. The molecule has 0 aromatic carbocycles. The van der Waals surface area contributed by atoms with Crippen molar-refractivity contribution in [2.45, 2.75) is 33.3 Å². The van der Waals surface area contributed by atoms with Gasteiger partial charge in [0.25, 0.3) is 0 Å². The summed E-state index contributed by atoms with van der Waals surface area (Å²) < 4.78 is 5.04. The lowest BCUT2D eigenvalue weighted by atomic mass is 9.89. The monoisotopic (exact) mass is 225 g/mol. The molecule has 0 aliphatic carbocycles. The summed E-state index contributed by atoms with van der Waals surface area (Å²) in [5.74, 6) is 0.412. The Morgan fingerprint density at radius 3 is 2.81 bits per heavy atom. The van der Waals surface area contributed by atoms with Crippen molar-refractivity contribution >= 4 is 5.91 Å². The quantitative estimate of drug-likeness (QED) is 0.804. The molecule has 90 valence electrons. The number of nitrogens with one attached hydrogen (secondary N) is 1. The summed E-state index contributed by atoms with van der Waals surface area (Å²) in [7, 11) is 0. The molecule has 1 rings (SSSR count). The zero-order valence-corrected chi connectivity index (χ0v) is 9.99. The SMILES string of the molecule is CCC(C)(C)C(=O)NCC(O)c1ccco1. The van der Waals surface area contributed by atoms with E-state index < -0.39 is 11.5 Å². The van der Waals surface area contributed by atoms with Crippen LogP contribution in [-0.4, -0.2) is 17.6 Å². The molecule has 0 saturated carbocycles. The highest BCUT2D eigenvalue weighted by atomic mass is 16.4. The van der Waals surface area contributed by atoms with Crippen LogP contribution in [0, 0.1) is 5.41 Å². The van der Waals surface area contributed by atoms with Crippen molar-refractivity contribution in [3.63, 3.8) is 0 Å². The van der Waals surface area contributed by atoms with Gasteiger partial charge in [0.15, 0.2) is 0 Å². The van der Waals surface area contributed by atoms with Crippen molar-refractivity contribution in [3.05, 3.63) is 24.2 Å². The molecule has 4 heteroatoms. The zero-order valence-electron chi connectivity index (χ0n) is 9.99. The molecule has 1 aromatic rings. The van der Waals surface area contributed by atoms with E-state index in [4.69, 9.17) is 4.42 Å². The Labute approximate surface area is 95.7 Å². The third-order valence-electron chi connectivity index (χ3n) is 2.83. The molecule has 0 bridgehead atoms. The van der Waals surface area contributed by atoms with Crippen LogP contribution in [0.15, 0.2) is 22.8 Å². The Balaban J connectivity index is 2.44. The van der Waals surface area contributed by atoms with E-state index in [2.05, 4.69) is 5.32 Å². The molecule has 4 nitrogen and oxygen atoms in total. The van der Waals surface area contributed by atoms with Crippen molar-refractivity contribution in [2.24, 2.45) is 5.41 Å². The first-order valence-corrected chi connectivity index (χ1v) is 5.47. The summed E-state index contributed by atoms with van der Waals surface area (Å²) >= 11 is 0. The maximum atomic E-state index is 11.7. The molecule has 1 amide bonds. The van der Waals surface area contributed by atoms with Crippen LogP contribution < -0.4 is 5.32 Å². The van der Waals surface area contributed by atoms with Gasteiger partial charge in [-0.2, -0.15) is 0 Å². The Morgan fingerprint density at radius 1 is 1.62 bits per heavy atom. The molecular formula is C12H19NO3. The van der Waals surface area contributed by atoms with Gasteiger partial charge in [0, 0.05) is 5.41 Å². The van der Waals surface area contributed by atoms with E-state index in [0.717, 1.165) is 6.42 Å². The Bertz CT molecular complexity index is 330. The minimum absolute atomic E-state index is 0.0550. The number of amides is 1. The highest BCUT2D eigenvalue weighted by molar-refractivity contribution is 5.81. The number of aliphatic hydroxyl groups is 1. The average molecular weight is 225 g/mol. The van der Waals surface area contributed by atoms with Gasteiger partial charge in [0.2, 0.25) is 5.91 Å². The second-order valence-corrected chi connectivity index (χ2v) is 4.48. The van der Waals surface area contributed by atoms with Gasteiger partial charge in [0.1, 0.15) is 11.9 Å². The molecule has 2 N–H and O–H groups in total. The van der Waals surface area contributed by atoms with E-state index in [-0.39, 0.29) is 12.5 Å². The van der Waals surface area contributed by atoms with E-state index in [0.29, 0.717) is 5.76 Å². The topological polar surface area (TPSA) is 62.5 Å². The van der Waals surface area contributed by atoms with E-state index in [1.807, 2.05) is 20.8 Å². The first kappa shape index (κ1) is 12.8. The third kappa shape index (κ3) is 3.10. The normalized spacial score (nSPS) is 13.5. The number of rotatable bonds is 5. The summed E-state index contributed by atoms with van der Waals surface area (Å²) in [6.45, 7) is 5.89. The number of hydrogen-bond acceptors (Lipinski definition) is 3. The fourth-order valence-corrected chi connectivity index (χ4v) is 1.17. The summed E-state index contributed by atoms with van der Waals surface area (Å²) in [5.41, 5.74) is -0.400. The van der Waals surface area contributed by atoms with Crippen molar-refractivity contribution in [1.29, 1.82) is 0 Å². The van der Waals surface area contributed by atoms with E-state index in [1.54, 1.807) is 12.1 Å². The number of furan rings is 1. The highest BCUT2D eigenvalue weighted by Crippen LogP contribution is 2.20. The van der Waals surface area contributed by atoms with Gasteiger partial charge in [-0.25, -0.2) is 0 Å². The largest absolute Gasteiger partial charge is 0.467 e. The summed E-state index contributed by atoms with van der Waals surface area (Å²) in [5, 5.41) is 12.4. The Hall–Kier alpha value is -1.29. The van der Waals surface area contributed by atoms with E-state index >= 15 is 0 Å². The van der Waals surface area contributed by atoms with Gasteiger partial charge in [-0.3, -0.25) is 4.79 Å². The maximum absolute atomic E-state index is 11.7. The molecule has 0 aliphatic rings. The molecule has 1 unspecified atom stereocenters. The molecule has 1 heterocycles. The lowest BCUT2D eigenvalue weighted by Gasteiger charge is -2.22. The average Bonchev–Trinajstić information content (AvgIpc) is 2.78. The van der Waals surface area contributed by atoms with Gasteiger partial charge in [-0.15, -0.1) is 0 Å². The highest BCUT2D eigenvalue weighted by Gasteiger charge is 2.25. The second kappa shape index (κ2) is 5.16. The fraction of sp³-hybridized carbons (Fsp3) is 0.583. The van der Waals surface area contributed by atoms with E-state index in [9.17, 15) is 9.90 Å². The number of aliphatic hydroxyl groups excluding tert-OH is 1. The van der Waals surface area contributed by atoms with Crippen LogP contribution in [0.1, 0.15) is 39.1 Å². The molecule has 1 atom stereocenters. The lowest BCUT2D eigenvalue weighted by molar-refractivity contribution is -0.130. The smallest absolute Gasteiger partial charge is 0.225 e.